The second-order valence-corrected chi connectivity index (χ2v) is 6.60. The van der Waals surface area contributed by atoms with Crippen molar-refractivity contribution < 1.29 is 17.9 Å². The molecule has 156 valence electrons. The van der Waals surface area contributed by atoms with Crippen molar-refractivity contribution in [1.29, 1.82) is 0 Å². The molecule has 0 amide bonds. The molecule has 0 atom stereocenters. The van der Waals surface area contributed by atoms with Crippen LogP contribution < -0.4 is 15.4 Å². The number of halogens is 3. The van der Waals surface area contributed by atoms with Crippen molar-refractivity contribution in [2.24, 2.45) is 4.99 Å². The number of nitrogens with zero attached hydrogens (tertiary/aromatic N) is 2. The summed E-state index contributed by atoms with van der Waals surface area (Å²) in [7, 11) is 0. The van der Waals surface area contributed by atoms with Gasteiger partial charge in [0.2, 0.25) is 5.89 Å². The lowest BCUT2D eigenvalue weighted by Crippen LogP contribution is -2.36. The van der Waals surface area contributed by atoms with E-state index in [4.69, 9.17) is 4.42 Å². The van der Waals surface area contributed by atoms with E-state index in [0.717, 1.165) is 10.6 Å². The molecule has 0 saturated carbocycles. The number of alkyl halides is 2. The molecular weight excluding hydrogens is 513 g/mol. The number of thiophene rings is 1. The minimum atomic E-state index is -2.87. The number of ether oxygens (including phenoxy) is 1. The van der Waals surface area contributed by atoms with Gasteiger partial charge in [0.15, 0.2) is 5.96 Å². The molecule has 0 radical (unpaired) electrons. The van der Waals surface area contributed by atoms with Crippen LogP contribution in [0.1, 0.15) is 18.2 Å². The first-order chi connectivity index (χ1) is 13.7. The molecule has 1 aromatic carbocycles. The van der Waals surface area contributed by atoms with Gasteiger partial charge in [-0.2, -0.15) is 8.78 Å². The van der Waals surface area contributed by atoms with E-state index in [9.17, 15) is 8.78 Å². The summed E-state index contributed by atoms with van der Waals surface area (Å²) in [6.45, 7) is 0.324. The van der Waals surface area contributed by atoms with Crippen molar-refractivity contribution in [3.63, 3.8) is 0 Å². The van der Waals surface area contributed by atoms with Gasteiger partial charge >= 0.3 is 6.61 Å². The van der Waals surface area contributed by atoms with Gasteiger partial charge in [0.25, 0.3) is 0 Å². The lowest BCUT2D eigenvalue weighted by atomic mass is 10.2. The number of hydrogen-bond acceptors (Lipinski definition) is 5. The lowest BCUT2D eigenvalue weighted by molar-refractivity contribution is -0.0504. The van der Waals surface area contributed by atoms with Crippen LogP contribution in [0.25, 0.3) is 10.8 Å². The zero-order chi connectivity index (χ0) is 19.8. The van der Waals surface area contributed by atoms with Crippen molar-refractivity contribution in [3.8, 4) is 16.5 Å². The quantitative estimate of drug-likeness (QED) is 0.245. The molecule has 0 unspecified atom stereocenters. The average molecular weight is 534 g/mol. The van der Waals surface area contributed by atoms with E-state index in [2.05, 4.69) is 25.3 Å². The Hall–Kier alpha value is -2.21. The Kier molecular flexibility index (Phi) is 9.32. The first-order valence-corrected chi connectivity index (χ1v) is 9.57. The molecule has 0 aliphatic heterocycles. The van der Waals surface area contributed by atoms with Crippen molar-refractivity contribution in [3.05, 3.63) is 59.3 Å². The van der Waals surface area contributed by atoms with E-state index in [1.165, 1.54) is 6.07 Å². The van der Waals surface area contributed by atoms with Gasteiger partial charge in [-0.15, -0.1) is 35.3 Å². The summed E-state index contributed by atoms with van der Waals surface area (Å²) in [5.74, 6) is 1.23. The number of benzene rings is 1. The van der Waals surface area contributed by atoms with E-state index in [0.29, 0.717) is 30.5 Å². The highest BCUT2D eigenvalue weighted by molar-refractivity contribution is 14.0. The maximum atomic E-state index is 12.5. The molecule has 0 spiro atoms. The van der Waals surface area contributed by atoms with Crippen molar-refractivity contribution >= 4 is 41.3 Å². The Bertz CT molecular complexity index is 903. The largest absolute Gasteiger partial charge is 0.443 e. The number of aromatic nitrogens is 1. The fourth-order valence-corrected chi connectivity index (χ4v) is 3.08. The summed E-state index contributed by atoms with van der Waals surface area (Å²) in [4.78, 5) is 9.84. The fourth-order valence-electron chi connectivity index (χ4n) is 2.43. The summed E-state index contributed by atoms with van der Waals surface area (Å²) in [5, 5.41) is 8.23. The molecule has 3 rings (SSSR count). The SMILES string of the molecule is CCNC(=NCc1ccccc1OC(F)F)NCc1coc(-c2cccs2)n1.I. The van der Waals surface area contributed by atoms with Crippen LogP contribution in [-0.2, 0) is 13.1 Å². The maximum Gasteiger partial charge on any atom is 0.387 e. The van der Waals surface area contributed by atoms with Gasteiger partial charge < -0.3 is 19.8 Å². The molecule has 3 aromatic rings. The fraction of sp³-hybridized carbons (Fsp3) is 0.263. The van der Waals surface area contributed by atoms with Gasteiger partial charge in [-0.25, -0.2) is 9.98 Å². The predicted molar refractivity (Wildman–Crippen MR) is 120 cm³/mol. The molecule has 10 heteroatoms. The first kappa shape index (κ1) is 23.1. The molecule has 29 heavy (non-hydrogen) atoms. The number of rotatable bonds is 8. The van der Waals surface area contributed by atoms with Gasteiger partial charge in [0.1, 0.15) is 12.0 Å². The summed E-state index contributed by atoms with van der Waals surface area (Å²) in [5.41, 5.74) is 1.30. The van der Waals surface area contributed by atoms with Gasteiger partial charge in [-0.1, -0.05) is 24.3 Å². The monoisotopic (exact) mass is 534 g/mol. The van der Waals surface area contributed by atoms with Gasteiger partial charge in [0, 0.05) is 12.1 Å². The maximum absolute atomic E-state index is 12.5. The highest BCUT2D eigenvalue weighted by Crippen LogP contribution is 2.23. The van der Waals surface area contributed by atoms with E-state index >= 15 is 0 Å². The molecule has 2 N–H and O–H groups in total. The topological polar surface area (TPSA) is 71.7 Å². The van der Waals surface area contributed by atoms with Crippen LogP contribution in [0.4, 0.5) is 8.78 Å². The van der Waals surface area contributed by atoms with Crippen LogP contribution in [0.2, 0.25) is 0 Å². The molecule has 0 aliphatic rings. The Morgan fingerprint density at radius 3 is 2.79 bits per heavy atom. The molecule has 2 aromatic heterocycles. The number of aliphatic imine (C=N–C) groups is 1. The highest BCUT2D eigenvalue weighted by atomic mass is 127. The molecule has 6 nitrogen and oxygen atoms in total. The molecular formula is C19H21F2IN4O2S. The zero-order valence-corrected chi connectivity index (χ0v) is 18.7. The number of oxazole rings is 1. The van der Waals surface area contributed by atoms with Crippen molar-refractivity contribution in [2.75, 3.05) is 6.54 Å². The Morgan fingerprint density at radius 1 is 1.24 bits per heavy atom. The molecule has 0 fully saturated rings. The second-order valence-electron chi connectivity index (χ2n) is 5.66. The molecule has 0 aliphatic carbocycles. The second kappa shape index (κ2) is 11.7. The number of hydrogen-bond donors (Lipinski definition) is 2. The Balaban J connectivity index is 0.00000300. The Morgan fingerprint density at radius 2 is 2.07 bits per heavy atom. The lowest BCUT2D eigenvalue weighted by Gasteiger charge is -2.12. The summed E-state index contributed by atoms with van der Waals surface area (Å²) < 4.78 is 35.1. The van der Waals surface area contributed by atoms with Crippen molar-refractivity contribution in [1.82, 2.24) is 15.6 Å². The Labute approximate surface area is 188 Å². The van der Waals surface area contributed by atoms with Crippen LogP contribution in [0, 0.1) is 0 Å². The third kappa shape index (κ3) is 6.96. The van der Waals surface area contributed by atoms with Crippen LogP contribution >= 0.6 is 35.3 Å². The van der Waals surface area contributed by atoms with E-state index in [-0.39, 0.29) is 36.3 Å². The number of nitrogens with one attached hydrogen (secondary N) is 2. The molecule has 2 heterocycles. The van der Waals surface area contributed by atoms with Crippen LogP contribution in [0.15, 0.2) is 57.5 Å². The normalized spacial score (nSPS) is 11.2. The van der Waals surface area contributed by atoms with Crippen LogP contribution in [0.3, 0.4) is 0 Å². The van der Waals surface area contributed by atoms with Gasteiger partial charge in [0.05, 0.1) is 23.7 Å². The number of guanidine groups is 1. The van der Waals surface area contributed by atoms with Gasteiger partial charge in [-0.3, -0.25) is 0 Å². The van der Waals surface area contributed by atoms with Crippen molar-refractivity contribution in [2.45, 2.75) is 26.6 Å². The van der Waals surface area contributed by atoms with E-state index < -0.39 is 6.61 Å². The standard InChI is InChI=1S/C19H20F2N4O2S.HI/c1-2-22-19(23-10-13-6-3-4-7-15(13)27-18(20)21)24-11-14-12-26-17(25-14)16-8-5-9-28-16;/h3-9,12,18H,2,10-11H2,1H3,(H2,22,23,24);1H. The van der Waals surface area contributed by atoms with E-state index in [1.807, 2.05) is 24.4 Å². The predicted octanol–water partition coefficient (Wildman–Crippen LogP) is 4.88. The summed E-state index contributed by atoms with van der Waals surface area (Å²) in [6, 6.07) is 10.5. The molecule has 0 saturated heterocycles. The van der Waals surface area contributed by atoms with E-state index in [1.54, 1.807) is 35.8 Å². The smallest absolute Gasteiger partial charge is 0.387 e. The van der Waals surface area contributed by atoms with Crippen LogP contribution in [-0.4, -0.2) is 24.1 Å². The summed E-state index contributed by atoms with van der Waals surface area (Å²) >= 11 is 1.56. The third-order valence-corrected chi connectivity index (χ3v) is 4.52. The zero-order valence-electron chi connectivity index (χ0n) is 15.6. The number of para-hydroxylation sites is 1. The minimum Gasteiger partial charge on any atom is -0.443 e. The van der Waals surface area contributed by atoms with Gasteiger partial charge in [-0.05, 0) is 24.4 Å². The van der Waals surface area contributed by atoms with Crippen LogP contribution in [0.5, 0.6) is 5.75 Å². The first-order valence-electron chi connectivity index (χ1n) is 8.69. The molecule has 0 bridgehead atoms. The highest BCUT2D eigenvalue weighted by Gasteiger charge is 2.10. The summed E-state index contributed by atoms with van der Waals surface area (Å²) in [6.07, 6.45) is 1.59. The minimum absolute atomic E-state index is 0. The average Bonchev–Trinajstić information content (AvgIpc) is 3.36. The third-order valence-electron chi connectivity index (χ3n) is 3.66.